The number of rotatable bonds is 4. The van der Waals surface area contributed by atoms with Gasteiger partial charge < -0.3 is 9.47 Å². The molecule has 3 heterocycles. The van der Waals surface area contributed by atoms with Crippen LogP contribution in [0.2, 0.25) is 5.02 Å². The van der Waals surface area contributed by atoms with Crippen LogP contribution in [-0.2, 0) is 12.8 Å². The molecule has 0 amide bonds. The van der Waals surface area contributed by atoms with Gasteiger partial charge in [0.1, 0.15) is 12.1 Å². The summed E-state index contributed by atoms with van der Waals surface area (Å²) >= 11 is 11.5. The lowest BCUT2D eigenvalue weighted by molar-refractivity contribution is -0.137. The molecular weight excluding hydrogens is 401 g/mol. The Morgan fingerprint density at radius 2 is 1.89 bits per heavy atom. The SMILES string of the molecule is FC(F)(F)c1cnc(N2CCN(Cn3ncn(C4CC4)c3=S)CC2)c(Cl)c1. The van der Waals surface area contributed by atoms with E-state index in [2.05, 4.69) is 15.0 Å². The summed E-state index contributed by atoms with van der Waals surface area (Å²) in [5.41, 5.74) is -0.837. The third-order valence-corrected chi connectivity index (χ3v) is 5.55. The highest BCUT2D eigenvalue weighted by molar-refractivity contribution is 7.71. The molecule has 1 saturated carbocycles. The molecule has 0 spiro atoms. The molecule has 0 N–H and O–H groups in total. The van der Waals surface area contributed by atoms with Crippen molar-refractivity contribution in [2.75, 3.05) is 31.1 Å². The maximum atomic E-state index is 12.8. The van der Waals surface area contributed by atoms with Crippen LogP contribution in [0.3, 0.4) is 0 Å². The summed E-state index contributed by atoms with van der Waals surface area (Å²) in [6.07, 6.45) is 0.482. The van der Waals surface area contributed by atoms with Crippen molar-refractivity contribution >= 4 is 29.6 Å². The van der Waals surface area contributed by atoms with Crippen molar-refractivity contribution in [1.82, 2.24) is 24.2 Å². The minimum Gasteiger partial charge on any atom is -0.353 e. The molecule has 146 valence electrons. The van der Waals surface area contributed by atoms with Crippen LogP contribution in [0, 0.1) is 4.77 Å². The van der Waals surface area contributed by atoms with Gasteiger partial charge in [0.05, 0.1) is 17.3 Å². The zero-order valence-electron chi connectivity index (χ0n) is 14.4. The van der Waals surface area contributed by atoms with Gasteiger partial charge in [-0.3, -0.25) is 4.90 Å². The van der Waals surface area contributed by atoms with Crippen molar-refractivity contribution < 1.29 is 13.2 Å². The van der Waals surface area contributed by atoms with E-state index in [0.29, 0.717) is 31.6 Å². The van der Waals surface area contributed by atoms with Gasteiger partial charge in [0.15, 0.2) is 4.77 Å². The number of anilines is 1. The van der Waals surface area contributed by atoms with Crippen molar-refractivity contribution in [3.8, 4) is 0 Å². The molecule has 1 saturated heterocycles. The molecule has 4 rings (SSSR count). The fraction of sp³-hybridized carbons (Fsp3) is 0.562. The summed E-state index contributed by atoms with van der Waals surface area (Å²) in [6.45, 7) is 3.28. The lowest BCUT2D eigenvalue weighted by Crippen LogP contribution is -2.47. The van der Waals surface area contributed by atoms with E-state index in [-0.39, 0.29) is 5.02 Å². The van der Waals surface area contributed by atoms with Crippen molar-refractivity contribution in [3.63, 3.8) is 0 Å². The molecule has 0 radical (unpaired) electrons. The van der Waals surface area contributed by atoms with Gasteiger partial charge in [0, 0.05) is 38.4 Å². The van der Waals surface area contributed by atoms with Gasteiger partial charge in [0.25, 0.3) is 0 Å². The molecule has 2 aliphatic rings. The maximum Gasteiger partial charge on any atom is 0.417 e. The quantitative estimate of drug-likeness (QED) is 0.710. The van der Waals surface area contributed by atoms with Crippen LogP contribution in [0.1, 0.15) is 24.4 Å². The zero-order chi connectivity index (χ0) is 19.2. The minimum atomic E-state index is -4.45. The molecule has 0 bridgehead atoms. The van der Waals surface area contributed by atoms with Crippen LogP contribution < -0.4 is 4.90 Å². The standard InChI is InChI=1S/C16H18ClF3N6S/c17-13-7-11(16(18,19)20)8-21-14(13)24-5-3-23(4-6-24)10-26-15(27)25(9-22-26)12-1-2-12/h7-9,12H,1-6,10H2. The first-order valence-electron chi connectivity index (χ1n) is 8.67. The number of pyridine rings is 1. The number of halogens is 4. The largest absolute Gasteiger partial charge is 0.417 e. The summed E-state index contributed by atoms with van der Waals surface area (Å²) in [5, 5.41) is 4.39. The second kappa shape index (κ2) is 7.06. The molecule has 2 aromatic heterocycles. The summed E-state index contributed by atoms with van der Waals surface area (Å²) < 4.78 is 42.8. The molecule has 2 aromatic rings. The molecular formula is C16H18ClF3N6S. The predicted octanol–water partition coefficient (Wildman–Crippen LogP) is 3.60. The van der Waals surface area contributed by atoms with E-state index in [1.807, 2.05) is 14.1 Å². The number of hydrogen-bond donors (Lipinski definition) is 0. The summed E-state index contributed by atoms with van der Waals surface area (Å²) in [6, 6.07) is 1.43. The van der Waals surface area contributed by atoms with Gasteiger partial charge in [-0.2, -0.15) is 18.3 Å². The van der Waals surface area contributed by atoms with E-state index in [1.54, 1.807) is 6.33 Å². The van der Waals surface area contributed by atoms with Crippen molar-refractivity contribution in [2.24, 2.45) is 0 Å². The third-order valence-electron chi connectivity index (χ3n) is 4.85. The van der Waals surface area contributed by atoms with E-state index in [1.165, 1.54) is 0 Å². The number of hydrogen-bond acceptors (Lipinski definition) is 5. The third kappa shape index (κ3) is 3.97. The minimum absolute atomic E-state index is 0.0173. The second-order valence-electron chi connectivity index (χ2n) is 6.83. The topological polar surface area (TPSA) is 42.1 Å². The average molecular weight is 419 g/mol. The smallest absolute Gasteiger partial charge is 0.353 e. The molecule has 27 heavy (non-hydrogen) atoms. The van der Waals surface area contributed by atoms with Crippen molar-refractivity contribution in [2.45, 2.75) is 31.7 Å². The molecule has 1 aliphatic heterocycles. The van der Waals surface area contributed by atoms with Gasteiger partial charge in [-0.25, -0.2) is 9.67 Å². The zero-order valence-corrected chi connectivity index (χ0v) is 15.9. The van der Waals surface area contributed by atoms with Crippen LogP contribution in [0.15, 0.2) is 18.6 Å². The highest BCUT2D eigenvalue weighted by Gasteiger charge is 2.32. The Balaban J connectivity index is 1.38. The van der Waals surface area contributed by atoms with Gasteiger partial charge in [0.2, 0.25) is 0 Å². The Labute approximate surface area is 164 Å². The van der Waals surface area contributed by atoms with Crippen LogP contribution in [0.4, 0.5) is 19.0 Å². The van der Waals surface area contributed by atoms with Gasteiger partial charge >= 0.3 is 6.18 Å². The van der Waals surface area contributed by atoms with Crippen LogP contribution in [0.25, 0.3) is 0 Å². The summed E-state index contributed by atoms with van der Waals surface area (Å²) in [4.78, 5) is 8.05. The molecule has 11 heteroatoms. The first-order valence-corrected chi connectivity index (χ1v) is 9.45. The highest BCUT2D eigenvalue weighted by atomic mass is 35.5. The fourth-order valence-electron chi connectivity index (χ4n) is 3.16. The van der Waals surface area contributed by atoms with Gasteiger partial charge in [-0.05, 0) is 31.1 Å². The number of piperazine rings is 1. The van der Waals surface area contributed by atoms with Gasteiger partial charge in [-0.1, -0.05) is 11.6 Å². The Hall–Kier alpha value is -1.65. The van der Waals surface area contributed by atoms with Crippen LogP contribution >= 0.6 is 23.8 Å². The maximum absolute atomic E-state index is 12.8. The summed E-state index contributed by atoms with van der Waals surface area (Å²) in [7, 11) is 0. The van der Waals surface area contributed by atoms with E-state index >= 15 is 0 Å². The number of nitrogens with zero attached hydrogens (tertiary/aromatic N) is 6. The summed E-state index contributed by atoms with van der Waals surface area (Å²) in [5.74, 6) is 0.388. The van der Waals surface area contributed by atoms with Crippen molar-refractivity contribution in [1.29, 1.82) is 0 Å². The molecule has 0 aromatic carbocycles. The normalized spacial score (nSPS) is 18.9. The van der Waals surface area contributed by atoms with E-state index in [4.69, 9.17) is 23.8 Å². The number of aromatic nitrogens is 4. The lowest BCUT2D eigenvalue weighted by atomic mass is 10.2. The molecule has 1 aliphatic carbocycles. The van der Waals surface area contributed by atoms with E-state index in [9.17, 15) is 13.2 Å². The van der Waals surface area contributed by atoms with E-state index in [0.717, 1.165) is 43.0 Å². The van der Waals surface area contributed by atoms with Crippen LogP contribution in [0.5, 0.6) is 0 Å². The first kappa shape index (κ1) is 18.7. The Kier molecular flexibility index (Phi) is 4.89. The number of alkyl halides is 3. The molecule has 6 nitrogen and oxygen atoms in total. The molecule has 0 atom stereocenters. The predicted molar refractivity (Wildman–Crippen MR) is 97.4 cm³/mol. The molecule has 0 unspecified atom stereocenters. The Bertz CT molecular complexity index is 883. The van der Waals surface area contributed by atoms with Crippen molar-refractivity contribution in [3.05, 3.63) is 33.9 Å². The van der Waals surface area contributed by atoms with Gasteiger partial charge in [-0.15, -0.1) is 0 Å². The lowest BCUT2D eigenvalue weighted by Gasteiger charge is -2.35. The fourth-order valence-corrected chi connectivity index (χ4v) is 3.75. The highest BCUT2D eigenvalue weighted by Crippen LogP contribution is 2.35. The Morgan fingerprint density at radius 3 is 2.48 bits per heavy atom. The second-order valence-corrected chi connectivity index (χ2v) is 7.60. The monoisotopic (exact) mass is 418 g/mol. The van der Waals surface area contributed by atoms with Crippen LogP contribution in [-0.4, -0.2) is 50.4 Å². The van der Waals surface area contributed by atoms with E-state index < -0.39 is 11.7 Å². The first-order chi connectivity index (χ1) is 12.8. The Morgan fingerprint density at radius 1 is 1.19 bits per heavy atom. The average Bonchev–Trinajstić information content (AvgIpc) is 3.40. The molecule has 2 fully saturated rings.